The van der Waals surface area contributed by atoms with Gasteiger partial charge in [0.25, 0.3) is 0 Å². The molecule has 0 unspecified atom stereocenters. The Morgan fingerprint density at radius 2 is 1.18 bits per heavy atom. The van der Waals surface area contributed by atoms with Crippen LogP contribution in [0.25, 0.3) is 11.6 Å². The lowest BCUT2D eigenvalue weighted by Gasteiger charge is -2.05. The smallest absolute Gasteiger partial charge is 0.0406 e. The van der Waals surface area contributed by atoms with Crippen molar-refractivity contribution in [1.29, 1.82) is 0 Å². The summed E-state index contributed by atoms with van der Waals surface area (Å²) in [5, 5.41) is 0.743. The molecular formula is C21H15Cl. The lowest BCUT2D eigenvalue weighted by atomic mass is 9.98. The highest BCUT2D eigenvalue weighted by Crippen LogP contribution is 2.22. The van der Waals surface area contributed by atoms with E-state index in [0.717, 1.165) is 27.3 Å². The molecule has 0 saturated heterocycles. The van der Waals surface area contributed by atoms with Crippen LogP contribution in [0.15, 0.2) is 90.7 Å². The second kappa shape index (κ2) is 6.95. The van der Waals surface area contributed by atoms with Crippen LogP contribution in [0.3, 0.4) is 0 Å². The predicted molar refractivity (Wildman–Crippen MR) is 94.8 cm³/mol. The van der Waals surface area contributed by atoms with Gasteiger partial charge in [0.2, 0.25) is 0 Å². The van der Waals surface area contributed by atoms with Crippen molar-refractivity contribution in [2.45, 2.75) is 0 Å². The quantitative estimate of drug-likeness (QED) is 0.514. The molecule has 3 aromatic rings. The van der Waals surface area contributed by atoms with Crippen LogP contribution < -0.4 is 0 Å². The van der Waals surface area contributed by atoms with Gasteiger partial charge in [-0.25, -0.2) is 0 Å². The Morgan fingerprint density at radius 3 is 1.68 bits per heavy atom. The van der Waals surface area contributed by atoms with Gasteiger partial charge >= 0.3 is 0 Å². The maximum absolute atomic E-state index is 5.93. The second-order valence-electron chi connectivity index (χ2n) is 4.95. The fourth-order valence-corrected chi connectivity index (χ4v) is 2.38. The van der Waals surface area contributed by atoms with E-state index < -0.39 is 0 Å². The molecule has 22 heavy (non-hydrogen) atoms. The lowest BCUT2D eigenvalue weighted by molar-refractivity contribution is 1.55. The van der Waals surface area contributed by atoms with E-state index in [1.54, 1.807) is 0 Å². The van der Waals surface area contributed by atoms with Gasteiger partial charge in [0.1, 0.15) is 0 Å². The zero-order valence-electron chi connectivity index (χ0n) is 12.0. The standard InChI is InChI=1S/C21H15Cl/c22-20-14-11-17(12-15-20)13-16-21(18-7-3-1-4-8-18)19-9-5-2-6-10-19/h1-15H. The topological polar surface area (TPSA) is 0 Å². The molecule has 0 N–H and O–H groups in total. The van der Waals surface area contributed by atoms with E-state index in [1.165, 1.54) is 0 Å². The normalized spacial score (nSPS) is 9.86. The third-order valence-electron chi connectivity index (χ3n) is 3.38. The summed E-state index contributed by atoms with van der Waals surface area (Å²) in [4.78, 5) is 0. The van der Waals surface area contributed by atoms with E-state index in [1.807, 2.05) is 66.7 Å². The third-order valence-corrected chi connectivity index (χ3v) is 3.63. The van der Waals surface area contributed by atoms with Gasteiger partial charge in [-0.3, -0.25) is 0 Å². The Bertz CT molecular complexity index is 752. The first-order chi connectivity index (χ1) is 10.8. The monoisotopic (exact) mass is 302 g/mol. The van der Waals surface area contributed by atoms with Crippen LogP contribution >= 0.6 is 11.6 Å². The van der Waals surface area contributed by atoms with Gasteiger partial charge in [0.05, 0.1) is 0 Å². The average molecular weight is 303 g/mol. The largest absolute Gasteiger partial charge is 0.111 e. The Balaban J connectivity index is 2.09. The van der Waals surface area contributed by atoms with Gasteiger partial charge < -0.3 is 0 Å². The van der Waals surface area contributed by atoms with Crippen molar-refractivity contribution in [3.63, 3.8) is 0 Å². The molecule has 0 amide bonds. The molecule has 0 radical (unpaired) electrons. The molecular weight excluding hydrogens is 288 g/mol. The molecule has 0 aromatic heterocycles. The minimum atomic E-state index is 0.743. The zero-order valence-corrected chi connectivity index (χ0v) is 12.8. The van der Waals surface area contributed by atoms with E-state index in [-0.39, 0.29) is 0 Å². The summed E-state index contributed by atoms with van der Waals surface area (Å²) < 4.78 is 0. The molecule has 0 bridgehead atoms. The van der Waals surface area contributed by atoms with E-state index in [9.17, 15) is 0 Å². The molecule has 0 nitrogen and oxygen atoms in total. The average Bonchev–Trinajstić information content (AvgIpc) is 2.59. The van der Waals surface area contributed by atoms with Gasteiger partial charge in [0, 0.05) is 10.6 Å². The van der Waals surface area contributed by atoms with Gasteiger partial charge in [0.15, 0.2) is 0 Å². The van der Waals surface area contributed by atoms with Gasteiger partial charge in [-0.05, 0) is 34.9 Å². The Kier molecular flexibility index (Phi) is 4.56. The number of benzene rings is 3. The molecule has 106 valence electrons. The van der Waals surface area contributed by atoms with Crippen molar-refractivity contribution >= 4 is 23.3 Å². The Labute approximate surface area is 136 Å². The minimum Gasteiger partial charge on any atom is -0.111 e. The van der Waals surface area contributed by atoms with Crippen LogP contribution in [0.5, 0.6) is 0 Å². The van der Waals surface area contributed by atoms with Crippen LogP contribution in [0.1, 0.15) is 16.7 Å². The summed E-state index contributed by atoms with van der Waals surface area (Å²) in [7, 11) is 0. The van der Waals surface area contributed by atoms with E-state index >= 15 is 0 Å². The highest BCUT2D eigenvalue weighted by atomic mass is 35.5. The summed E-state index contributed by atoms with van der Waals surface area (Å²) in [5.74, 6) is 0. The fraction of sp³-hybridized carbons (Fsp3) is 0. The highest BCUT2D eigenvalue weighted by molar-refractivity contribution is 6.30. The van der Waals surface area contributed by atoms with Crippen molar-refractivity contribution < 1.29 is 0 Å². The number of rotatable bonds is 3. The third kappa shape index (κ3) is 3.56. The van der Waals surface area contributed by atoms with Crippen molar-refractivity contribution in [3.8, 4) is 0 Å². The highest BCUT2D eigenvalue weighted by Gasteiger charge is 2.02. The van der Waals surface area contributed by atoms with E-state index in [4.69, 9.17) is 11.6 Å². The first kappa shape index (κ1) is 14.4. The Hall–Kier alpha value is -2.53. The number of hydrogen-bond acceptors (Lipinski definition) is 0. The second-order valence-corrected chi connectivity index (χ2v) is 5.38. The molecule has 0 aliphatic heterocycles. The first-order valence-electron chi connectivity index (χ1n) is 7.16. The summed E-state index contributed by atoms with van der Waals surface area (Å²) in [6, 6.07) is 28.4. The molecule has 1 heteroatoms. The minimum absolute atomic E-state index is 0.743. The predicted octanol–water partition coefficient (Wildman–Crippen LogP) is 6.08. The summed E-state index contributed by atoms with van der Waals surface area (Å²) >= 11 is 5.93. The number of halogens is 1. The Morgan fingerprint density at radius 1 is 0.682 bits per heavy atom. The zero-order chi connectivity index (χ0) is 15.2. The van der Waals surface area contributed by atoms with Crippen molar-refractivity contribution in [3.05, 3.63) is 112 Å². The maximum atomic E-state index is 5.93. The van der Waals surface area contributed by atoms with Crippen LogP contribution in [0, 0.1) is 0 Å². The molecule has 0 spiro atoms. The summed E-state index contributed by atoms with van der Waals surface area (Å²) in [5.41, 5.74) is 7.90. The molecule has 3 rings (SSSR count). The van der Waals surface area contributed by atoms with Crippen LogP contribution in [0.4, 0.5) is 0 Å². The van der Waals surface area contributed by atoms with Gasteiger partial charge in [-0.1, -0.05) is 84.4 Å². The molecule has 0 atom stereocenters. The molecule has 0 saturated carbocycles. The van der Waals surface area contributed by atoms with Crippen LogP contribution in [0.2, 0.25) is 5.02 Å². The summed E-state index contributed by atoms with van der Waals surface area (Å²) in [6.07, 6.45) is 1.99. The molecule has 0 heterocycles. The van der Waals surface area contributed by atoms with Gasteiger partial charge in [-0.15, -0.1) is 5.73 Å². The number of hydrogen-bond donors (Lipinski definition) is 0. The van der Waals surface area contributed by atoms with Crippen LogP contribution in [-0.2, 0) is 0 Å². The van der Waals surface area contributed by atoms with Crippen molar-refractivity contribution in [2.75, 3.05) is 0 Å². The molecule has 0 aliphatic rings. The summed E-state index contributed by atoms with van der Waals surface area (Å²) in [6.45, 7) is 0. The maximum Gasteiger partial charge on any atom is 0.0406 e. The fourth-order valence-electron chi connectivity index (χ4n) is 2.26. The van der Waals surface area contributed by atoms with E-state index in [0.29, 0.717) is 0 Å². The molecule has 0 aliphatic carbocycles. The molecule has 3 aromatic carbocycles. The molecule has 0 fully saturated rings. The lowest BCUT2D eigenvalue weighted by Crippen LogP contribution is -1.85. The first-order valence-corrected chi connectivity index (χ1v) is 7.54. The van der Waals surface area contributed by atoms with Gasteiger partial charge in [-0.2, -0.15) is 0 Å². The van der Waals surface area contributed by atoms with E-state index in [2.05, 4.69) is 30.0 Å². The van der Waals surface area contributed by atoms with Crippen LogP contribution in [-0.4, -0.2) is 0 Å². The van der Waals surface area contributed by atoms with Crippen molar-refractivity contribution in [2.24, 2.45) is 0 Å². The SMILES string of the molecule is Clc1ccc(C=C=C(c2ccccc2)c2ccccc2)cc1. The van der Waals surface area contributed by atoms with Crippen molar-refractivity contribution in [1.82, 2.24) is 0 Å².